The minimum atomic E-state index is -3.58. The Bertz CT molecular complexity index is 886. The summed E-state index contributed by atoms with van der Waals surface area (Å²) < 4.78 is 26.9. The Labute approximate surface area is 153 Å². The molecule has 1 heterocycles. The predicted octanol–water partition coefficient (Wildman–Crippen LogP) is -0.0815. The van der Waals surface area contributed by atoms with Crippen LogP contribution in [0.4, 0.5) is 0 Å². The van der Waals surface area contributed by atoms with Gasteiger partial charge in [-0.3, -0.25) is 0 Å². The fourth-order valence-electron chi connectivity index (χ4n) is 2.31. The molecule has 0 aliphatic heterocycles. The van der Waals surface area contributed by atoms with Gasteiger partial charge in [-0.25, -0.2) is 8.42 Å². The summed E-state index contributed by atoms with van der Waals surface area (Å²) in [6.07, 6.45) is 0. The van der Waals surface area contributed by atoms with Crippen molar-refractivity contribution < 1.29 is 20.8 Å². The van der Waals surface area contributed by atoms with Crippen LogP contribution in [0.15, 0.2) is 53.4 Å². The van der Waals surface area contributed by atoms with E-state index in [-0.39, 0.29) is 35.5 Å². The third-order valence-corrected chi connectivity index (χ3v) is 5.12. The standard InChI is InChI=1S/C16H14NO2S.ClH.Mg/c1-12-7-9-15(10-8-12)20(18,19)17-13(2)11-14-5-3-4-6-16(14)17;;/h3-10H,1-2H3;1H;/q-1;;+2/p-1. The Morgan fingerprint density at radius 2 is 1.55 bits per heavy atom. The van der Waals surface area contributed by atoms with Crippen molar-refractivity contribution in [1.29, 1.82) is 0 Å². The van der Waals surface area contributed by atoms with E-state index in [0.29, 0.717) is 16.1 Å². The summed E-state index contributed by atoms with van der Waals surface area (Å²) in [5, 5.41) is 0.806. The molecule has 0 saturated heterocycles. The molecular formula is C16H14ClMgNO2S. The van der Waals surface area contributed by atoms with E-state index >= 15 is 0 Å². The first-order valence-corrected chi connectivity index (χ1v) is 7.76. The molecule has 0 aliphatic carbocycles. The summed E-state index contributed by atoms with van der Waals surface area (Å²) in [6.45, 7) is 3.69. The van der Waals surface area contributed by atoms with E-state index in [1.807, 2.05) is 25.1 Å². The average Bonchev–Trinajstić information content (AvgIpc) is 2.75. The van der Waals surface area contributed by atoms with Crippen molar-refractivity contribution in [3.63, 3.8) is 0 Å². The van der Waals surface area contributed by atoms with Crippen LogP contribution in [0.5, 0.6) is 0 Å². The normalized spacial score (nSPS) is 10.8. The zero-order valence-corrected chi connectivity index (χ0v) is 15.4. The number of para-hydroxylation sites is 1. The van der Waals surface area contributed by atoms with Gasteiger partial charge in [0.05, 0.1) is 4.90 Å². The minimum absolute atomic E-state index is 0. The van der Waals surface area contributed by atoms with E-state index in [9.17, 15) is 8.42 Å². The third-order valence-electron chi connectivity index (χ3n) is 3.30. The third kappa shape index (κ3) is 3.17. The van der Waals surface area contributed by atoms with Gasteiger partial charge in [-0.05, 0) is 37.2 Å². The SMILES string of the molecule is Cc1ccc(S(=O)(=O)n2c(C)[c-]c3ccccc32)cc1.[Cl-].[Mg+2]. The molecule has 3 aromatic rings. The molecule has 0 N–H and O–H groups in total. The number of rotatable bonds is 2. The van der Waals surface area contributed by atoms with Gasteiger partial charge in [0.15, 0.2) is 0 Å². The zero-order chi connectivity index (χ0) is 14.3. The summed E-state index contributed by atoms with van der Waals surface area (Å²) >= 11 is 0. The molecule has 0 fully saturated rings. The van der Waals surface area contributed by atoms with Crippen molar-refractivity contribution in [2.45, 2.75) is 18.7 Å². The number of hydrogen-bond donors (Lipinski definition) is 0. The molecular weight excluding hydrogens is 330 g/mol. The van der Waals surface area contributed by atoms with Crippen molar-refractivity contribution in [1.82, 2.24) is 3.97 Å². The molecule has 1 aromatic heterocycles. The monoisotopic (exact) mass is 343 g/mol. The number of aryl methyl sites for hydroxylation is 2. The maximum atomic E-state index is 12.8. The number of aromatic nitrogens is 1. The average molecular weight is 344 g/mol. The topological polar surface area (TPSA) is 39.1 Å². The Balaban J connectivity index is 0.00000121. The molecule has 0 spiro atoms. The van der Waals surface area contributed by atoms with Crippen LogP contribution < -0.4 is 12.4 Å². The van der Waals surface area contributed by atoms with Crippen LogP contribution >= 0.6 is 0 Å². The zero-order valence-electron chi connectivity index (χ0n) is 12.4. The van der Waals surface area contributed by atoms with Crippen LogP contribution in [-0.2, 0) is 10.0 Å². The van der Waals surface area contributed by atoms with Crippen LogP contribution in [0, 0.1) is 19.9 Å². The van der Waals surface area contributed by atoms with E-state index in [2.05, 4.69) is 6.07 Å². The summed E-state index contributed by atoms with van der Waals surface area (Å²) in [7, 11) is -3.58. The van der Waals surface area contributed by atoms with Crippen molar-refractivity contribution in [2.75, 3.05) is 0 Å². The van der Waals surface area contributed by atoms with Gasteiger partial charge in [-0.15, -0.1) is 6.07 Å². The van der Waals surface area contributed by atoms with E-state index in [4.69, 9.17) is 0 Å². The van der Waals surface area contributed by atoms with Crippen LogP contribution in [0.25, 0.3) is 10.9 Å². The molecule has 0 bridgehead atoms. The second-order valence-corrected chi connectivity index (χ2v) is 6.60. The molecule has 0 unspecified atom stereocenters. The minimum Gasteiger partial charge on any atom is -1.00 e. The fourth-order valence-corrected chi connectivity index (χ4v) is 3.82. The maximum absolute atomic E-state index is 12.8. The van der Waals surface area contributed by atoms with Crippen molar-refractivity contribution in [3.05, 3.63) is 65.9 Å². The van der Waals surface area contributed by atoms with Gasteiger partial charge < -0.3 is 16.4 Å². The Morgan fingerprint density at radius 3 is 2.18 bits per heavy atom. The van der Waals surface area contributed by atoms with Gasteiger partial charge in [-0.1, -0.05) is 29.8 Å². The molecule has 0 amide bonds. The smallest absolute Gasteiger partial charge is 1.00 e. The molecule has 6 heteroatoms. The maximum Gasteiger partial charge on any atom is 2.00 e. The van der Waals surface area contributed by atoms with Gasteiger partial charge in [0.2, 0.25) is 0 Å². The molecule has 110 valence electrons. The second kappa shape index (κ2) is 7.04. The largest absolute Gasteiger partial charge is 2.00 e. The van der Waals surface area contributed by atoms with E-state index in [1.165, 1.54) is 3.97 Å². The predicted molar refractivity (Wildman–Crippen MR) is 85.0 cm³/mol. The number of hydrogen-bond acceptors (Lipinski definition) is 2. The Hall–Kier alpha value is -1.01. The first-order chi connectivity index (χ1) is 9.50. The first-order valence-electron chi connectivity index (χ1n) is 6.32. The molecule has 0 aliphatic rings. The molecule has 3 nitrogen and oxygen atoms in total. The summed E-state index contributed by atoms with van der Waals surface area (Å²) in [5.74, 6) is 0. The van der Waals surface area contributed by atoms with Crippen LogP contribution in [0.2, 0.25) is 0 Å². The van der Waals surface area contributed by atoms with Crippen LogP contribution in [0.1, 0.15) is 11.3 Å². The molecule has 0 atom stereocenters. The second-order valence-electron chi connectivity index (χ2n) is 4.81. The van der Waals surface area contributed by atoms with Crippen LogP contribution in [0.3, 0.4) is 0 Å². The first kappa shape index (κ1) is 19.0. The quantitative estimate of drug-likeness (QED) is 0.482. The fraction of sp³-hybridized carbons (Fsp3) is 0.125. The number of nitrogens with zero attached hydrogens (tertiary/aromatic N) is 1. The van der Waals surface area contributed by atoms with Crippen molar-refractivity contribution in [3.8, 4) is 0 Å². The molecule has 3 rings (SSSR count). The van der Waals surface area contributed by atoms with Gasteiger partial charge in [0, 0.05) is 0 Å². The summed E-state index contributed by atoms with van der Waals surface area (Å²) in [5.41, 5.74) is 2.28. The van der Waals surface area contributed by atoms with Crippen molar-refractivity contribution in [2.24, 2.45) is 0 Å². The Kier molecular flexibility index (Phi) is 6.09. The van der Waals surface area contributed by atoms with Gasteiger partial charge in [0.25, 0.3) is 10.0 Å². The van der Waals surface area contributed by atoms with Gasteiger partial charge >= 0.3 is 23.1 Å². The number of fused-ring (bicyclic) bond motifs is 1. The van der Waals surface area contributed by atoms with E-state index in [0.717, 1.165) is 10.9 Å². The molecule has 22 heavy (non-hydrogen) atoms. The van der Waals surface area contributed by atoms with Crippen LogP contribution in [-0.4, -0.2) is 35.4 Å². The van der Waals surface area contributed by atoms with E-state index in [1.54, 1.807) is 37.3 Å². The number of halogens is 1. The molecule has 0 radical (unpaired) electrons. The van der Waals surface area contributed by atoms with Gasteiger partial charge in [-0.2, -0.15) is 17.5 Å². The van der Waals surface area contributed by atoms with E-state index < -0.39 is 10.0 Å². The van der Waals surface area contributed by atoms with Gasteiger partial charge in [0.1, 0.15) is 0 Å². The Morgan fingerprint density at radius 1 is 0.955 bits per heavy atom. The molecule has 0 saturated carbocycles. The summed E-state index contributed by atoms with van der Waals surface area (Å²) in [6, 6.07) is 17.3. The summed E-state index contributed by atoms with van der Waals surface area (Å²) in [4.78, 5) is 0.293. The van der Waals surface area contributed by atoms with Crippen molar-refractivity contribution >= 4 is 44.0 Å². The molecule has 2 aromatic carbocycles. The number of benzene rings is 2.